The molecular weight excluding hydrogens is 397 g/mol. The number of halogens is 1. The SMILES string of the molecule is CCN=C1C(=CN)CN=C(N=C(C)N)c2ccc(F)cc2[C@@H](C)Oc2cc1cnc2N. The van der Waals surface area contributed by atoms with Crippen molar-refractivity contribution in [1.82, 2.24) is 4.98 Å². The lowest BCUT2D eigenvalue weighted by atomic mass is 10.0. The van der Waals surface area contributed by atoms with Gasteiger partial charge in [0.1, 0.15) is 11.9 Å². The summed E-state index contributed by atoms with van der Waals surface area (Å²) in [5.41, 5.74) is 20.9. The fraction of sp³-hybridized carbons (Fsp3) is 0.273. The van der Waals surface area contributed by atoms with E-state index < -0.39 is 11.9 Å². The summed E-state index contributed by atoms with van der Waals surface area (Å²) in [5, 5.41) is 0. The van der Waals surface area contributed by atoms with Gasteiger partial charge in [0.25, 0.3) is 0 Å². The van der Waals surface area contributed by atoms with Crippen LogP contribution in [0, 0.1) is 5.82 Å². The summed E-state index contributed by atoms with van der Waals surface area (Å²) in [6.07, 6.45) is 2.49. The first-order chi connectivity index (χ1) is 14.8. The molecule has 0 saturated carbocycles. The molecule has 1 aliphatic heterocycles. The maximum atomic E-state index is 14.1. The molecule has 9 heteroatoms. The number of ether oxygens (including phenoxy) is 1. The molecule has 6 N–H and O–H groups in total. The van der Waals surface area contributed by atoms with Crippen molar-refractivity contribution in [3.63, 3.8) is 0 Å². The topological polar surface area (TPSA) is 137 Å². The van der Waals surface area contributed by atoms with E-state index in [2.05, 4.69) is 20.0 Å². The fourth-order valence-electron chi connectivity index (χ4n) is 3.26. The van der Waals surface area contributed by atoms with Gasteiger partial charge in [-0.15, -0.1) is 0 Å². The molecule has 1 aromatic carbocycles. The highest BCUT2D eigenvalue weighted by molar-refractivity contribution is 6.13. The molecular formula is C22H26FN7O. The summed E-state index contributed by atoms with van der Waals surface area (Å²) in [5.74, 6) is 0.821. The summed E-state index contributed by atoms with van der Waals surface area (Å²) < 4.78 is 20.2. The highest BCUT2D eigenvalue weighted by Gasteiger charge is 2.21. The Morgan fingerprint density at radius 2 is 2.13 bits per heavy atom. The van der Waals surface area contributed by atoms with Crippen LogP contribution in [0.3, 0.4) is 0 Å². The van der Waals surface area contributed by atoms with Gasteiger partial charge in [0.05, 0.1) is 18.1 Å². The molecule has 2 aromatic rings. The van der Waals surface area contributed by atoms with Crippen LogP contribution < -0.4 is 21.9 Å². The van der Waals surface area contributed by atoms with Gasteiger partial charge >= 0.3 is 0 Å². The van der Waals surface area contributed by atoms with Crippen molar-refractivity contribution in [1.29, 1.82) is 0 Å². The van der Waals surface area contributed by atoms with E-state index in [0.717, 1.165) is 0 Å². The van der Waals surface area contributed by atoms with Gasteiger partial charge < -0.3 is 21.9 Å². The number of nitrogens with two attached hydrogens (primary N) is 3. The lowest BCUT2D eigenvalue weighted by molar-refractivity contribution is 0.227. The van der Waals surface area contributed by atoms with E-state index in [1.165, 1.54) is 18.3 Å². The lowest BCUT2D eigenvalue weighted by Gasteiger charge is -2.21. The number of hydrogen-bond acceptors (Lipinski definition) is 7. The van der Waals surface area contributed by atoms with Crippen LogP contribution in [0.4, 0.5) is 10.2 Å². The molecule has 1 aromatic heterocycles. The molecule has 1 aliphatic rings. The van der Waals surface area contributed by atoms with Gasteiger partial charge in [0, 0.05) is 41.2 Å². The fourth-order valence-corrected chi connectivity index (χ4v) is 3.26. The van der Waals surface area contributed by atoms with Crippen LogP contribution in [0.2, 0.25) is 0 Å². The van der Waals surface area contributed by atoms with Gasteiger partial charge in [-0.1, -0.05) is 0 Å². The first-order valence-corrected chi connectivity index (χ1v) is 9.87. The van der Waals surface area contributed by atoms with Gasteiger partial charge in [0.15, 0.2) is 17.4 Å². The van der Waals surface area contributed by atoms with Crippen LogP contribution in [0.15, 0.2) is 57.2 Å². The molecule has 1 atom stereocenters. The molecule has 162 valence electrons. The number of nitrogens with zero attached hydrogens (tertiary/aromatic N) is 4. The van der Waals surface area contributed by atoms with Crippen LogP contribution in [-0.2, 0) is 0 Å². The van der Waals surface area contributed by atoms with Crippen LogP contribution in [-0.4, -0.2) is 35.5 Å². The largest absolute Gasteiger partial charge is 0.482 e. The number of benzene rings is 1. The van der Waals surface area contributed by atoms with Crippen LogP contribution >= 0.6 is 0 Å². The number of pyridine rings is 1. The summed E-state index contributed by atoms with van der Waals surface area (Å²) in [7, 11) is 0. The van der Waals surface area contributed by atoms with E-state index in [1.54, 1.807) is 32.2 Å². The Morgan fingerprint density at radius 1 is 1.35 bits per heavy atom. The number of aliphatic imine (C=N–C) groups is 3. The van der Waals surface area contributed by atoms with Gasteiger partial charge in [-0.3, -0.25) is 9.98 Å². The average molecular weight is 423 g/mol. The van der Waals surface area contributed by atoms with E-state index in [4.69, 9.17) is 21.9 Å². The predicted molar refractivity (Wildman–Crippen MR) is 122 cm³/mol. The zero-order valence-electron chi connectivity index (χ0n) is 17.8. The quantitative estimate of drug-likeness (QED) is 0.478. The predicted octanol–water partition coefficient (Wildman–Crippen LogP) is 2.73. The third-order valence-electron chi connectivity index (χ3n) is 4.65. The minimum Gasteiger partial charge on any atom is -0.482 e. The first kappa shape index (κ1) is 21.9. The normalized spacial score (nSPS) is 19.8. The first-order valence-electron chi connectivity index (χ1n) is 9.87. The van der Waals surface area contributed by atoms with Gasteiger partial charge in [0.2, 0.25) is 0 Å². The van der Waals surface area contributed by atoms with Crippen molar-refractivity contribution in [2.75, 3.05) is 18.8 Å². The van der Waals surface area contributed by atoms with Gasteiger partial charge in [-0.05, 0) is 45.0 Å². The smallest absolute Gasteiger partial charge is 0.166 e. The highest BCUT2D eigenvalue weighted by atomic mass is 19.1. The maximum Gasteiger partial charge on any atom is 0.166 e. The molecule has 0 spiro atoms. The minimum absolute atomic E-state index is 0.188. The lowest BCUT2D eigenvalue weighted by Crippen LogP contribution is -2.18. The highest BCUT2D eigenvalue weighted by Crippen LogP contribution is 2.30. The number of aromatic nitrogens is 1. The molecule has 0 unspecified atom stereocenters. The zero-order valence-corrected chi connectivity index (χ0v) is 17.8. The van der Waals surface area contributed by atoms with Gasteiger partial charge in [-0.25, -0.2) is 14.4 Å². The molecule has 0 radical (unpaired) electrons. The molecule has 31 heavy (non-hydrogen) atoms. The Bertz CT molecular complexity index is 1100. The number of fused-ring (bicyclic) bond motifs is 3. The van der Waals surface area contributed by atoms with Gasteiger partial charge in [-0.2, -0.15) is 0 Å². The Balaban J connectivity index is 2.30. The molecule has 2 heterocycles. The Morgan fingerprint density at radius 3 is 2.81 bits per heavy atom. The van der Waals surface area contributed by atoms with E-state index in [9.17, 15) is 4.39 Å². The van der Waals surface area contributed by atoms with E-state index >= 15 is 0 Å². The van der Waals surface area contributed by atoms with Crippen molar-refractivity contribution >= 4 is 23.2 Å². The third kappa shape index (κ3) is 4.88. The maximum absolute atomic E-state index is 14.1. The number of amidine groups is 2. The van der Waals surface area contributed by atoms with E-state index in [1.807, 2.05) is 6.92 Å². The molecule has 3 rings (SSSR count). The zero-order chi connectivity index (χ0) is 22.5. The average Bonchev–Trinajstić information content (AvgIpc) is 2.73. The number of rotatable bonds is 1. The van der Waals surface area contributed by atoms with E-state index in [0.29, 0.717) is 51.9 Å². The third-order valence-corrected chi connectivity index (χ3v) is 4.65. The van der Waals surface area contributed by atoms with Crippen molar-refractivity contribution in [3.8, 4) is 5.75 Å². The second kappa shape index (κ2) is 9.38. The Hall–Kier alpha value is -3.75. The standard InChI is InChI=1S/C22H26FN7O/c1-4-27-20-14-7-19(21(26)28-10-14)31-12(2)18-8-16(23)5-6-17(18)22(30-13(3)25)29-11-15(20)9-24/h5-10,12H,4,11,24H2,1-3H3,(H2,26,28)(H2,25,29,30)/t12-/m1/s1. The minimum atomic E-state index is -0.570. The molecule has 0 fully saturated rings. The van der Waals surface area contributed by atoms with Crippen LogP contribution in [0.25, 0.3) is 0 Å². The van der Waals surface area contributed by atoms with Crippen LogP contribution in [0.1, 0.15) is 43.6 Å². The number of hydrogen-bond donors (Lipinski definition) is 3. The second-order valence-electron chi connectivity index (χ2n) is 7.01. The van der Waals surface area contributed by atoms with Crippen molar-refractivity contribution < 1.29 is 9.13 Å². The Kier molecular flexibility index (Phi) is 6.64. The van der Waals surface area contributed by atoms with Crippen molar-refractivity contribution in [2.45, 2.75) is 26.9 Å². The summed E-state index contributed by atoms with van der Waals surface area (Å²) >= 11 is 0. The summed E-state index contributed by atoms with van der Waals surface area (Å²) in [6, 6.07) is 6.09. The monoisotopic (exact) mass is 423 g/mol. The van der Waals surface area contributed by atoms with Crippen LogP contribution in [0.5, 0.6) is 5.75 Å². The van der Waals surface area contributed by atoms with Crippen molar-refractivity contribution in [2.24, 2.45) is 26.4 Å². The number of nitrogen functional groups attached to an aromatic ring is 1. The number of anilines is 1. The molecule has 8 nitrogen and oxygen atoms in total. The molecule has 0 saturated heterocycles. The second-order valence-corrected chi connectivity index (χ2v) is 7.01. The molecule has 0 amide bonds. The van der Waals surface area contributed by atoms with Crippen molar-refractivity contribution in [3.05, 3.63) is 64.7 Å². The molecule has 2 bridgehead atoms. The molecule has 0 aliphatic carbocycles. The summed E-state index contributed by atoms with van der Waals surface area (Å²) in [6.45, 7) is 6.08. The van der Waals surface area contributed by atoms with E-state index in [-0.39, 0.29) is 12.4 Å². The Labute approximate surface area is 180 Å². The summed E-state index contributed by atoms with van der Waals surface area (Å²) in [4.78, 5) is 17.8.